The van der Waals surface area contributed by atoms with Crippen molar-refractivity contribution >= 4 is 15.7 Å². The molecule has 6 nitrogen and oxygen atoms in total. The normalized spacial score (nSPS) is 11.9. The van der Waals surface area contributed by atoms with Gasteiger partial charge in [0.1, 0.15) is 11.4 Å². The quantitative estimate of drug-likeness (QED) is 0.463. The molecule has 2 N–H and O–H groups in total. The highest BCUT2D eigenvalue weighted by atomic mass is 32.2. The van der Waals surface area contributed by atoms with Crippen molar-refractivity contribution in [3.63, 3.8) is 0 Å². The molecule has 4 rings (SSSR count). The van der Waals surface area contributed by atoms with E-state index in [1.54, 1.807) is 30.3 Å². The van der Waals surface area contributed by atoms with Gasteiger partial charge < -0.3 is 9.14 Å². The molecule has 0 aliphatic rings. The minimum Gasteiger partial charge on any atom is -0.435 e. The number of ether oxygens (including phenoxy) is 1. The number of halogens is 2. The number of para-hydroxylation sites is 1. The lowest BCUT2D eigenvalue weighted by atomic mass is 10.0. The SMILES string of the molecule is Cc1cc2nc(C)c(Cc3ccccc3OC(F)F)n2cc1-c1ccc(S(N)(=O)=O)cc1. The third-order valence-corrected chi connectivity index (χ3v) is 6.24. The number of alkyl halides is 2. The lowest BCUT2D eigenvalue weighted by molar-refractivity contribution is -0.0504. The topological polar surface area (TPSA) is 86.7 Å². The summed E-state index contributed by atoms with van der Waals surface area (Å²) >= 11 is 0. The highest BCUT2D eigenvalue weighted by Gasteiger charge is 2.16. The second-order valence-electron chi connectivity index (χ2n) is 7.47. The van der Waals surface area contributed by atoms with E-state index in [1.165, 1.54) is 18.2 Å². The molecule has 2 aromatic carbocycles. The van der Waals surface area contributed by atoms with Gasteiger partial charge in [0.2, 0.25) is 10.0 Å². The Balaban J connectivity index is 1.79. The molecule has 0 unspecified atom stereocenters. The Kier molecular flexibility index (Phi) is 5.70. The minimum atomic E-state index is -3.78. The molecule has 9 heteroatoms. The maximum absolute atomic E-state index is 12.8. The number of sulfonamides is 1. The molecule has 0 radical (unpaired) electrons. The Labute approximate surface area is 184 Å². The molecular formula is C23H21F2N3O3S. The van der Waals surface area contributed by atoms with Crippen LogP contribution in [0.3, 0.4) is 0 Å². The fourth-order valence-electron chi connectivity index (χ4n) is 3.73. The molecule has 0 saturated carbocycles. The highest BCUT2D eigenvalue weighted by molar-refractivity contribution is 7.89. The largest absolute Gasteiger partial charge is 0.435 e. The van der Waals surface area contributed by atoms with Crippen LogP contribution in [0, 0.1) is 13.8 Å². The Bertz CT molecular complexity index is 1400. The number of primary sulfonamides is 1. The molecule has 2 aromatic heterocycles. The third kappa shape index (κ3) is 4.35. The van der Waals surface area contributed by atoms with E-state index in [4.69, 9.17) is 5.14 Å². The first-order chi connectivity index (χ1) is 15.1. The predicted molar refractivity (Wildman–Crippen MR) is 117 cm³/mol. The Morgan fingerprint density at radius 2 is 1.78 bits per heavy atom. The summed E-state index contributed by atoms with van der Waals surface area (Å²) in [4.78, 5) is 4.66. The van der Waals surface area contributed by atoms with Crippen molar-refractivity contribution in [2.24, 2.45) is 5.14 Å². The van der Waals surface area contributed by atoms with Crippen LogP contribution in [0.15, 0.2) is 65.7 Å². The summed E-state index contributed by atoms with van der Waals surface area (Å²) < 4.78 is 55.3. The van der Waals surface area contributed by atoms with Gasteiger partial charge in [-0.05, 0) is 49.2 Å². The van der Waals surface area contributed by atoms with Crippen LogP contribution in [-0.4, -0.2) is 24.4 Å². The summed E-state index contributed by atoms with van der Waals surface area (Å²) in [6.45, 7) is 0.904. The van der Waals surface area contributed by atoms with Crippen LogP contribution in [-0.2, 0) is 16.4 Å². The molecule has 0 aliphatic heterocycles. The highest BCUT2D eigenvalue weighted by Crippen LogP contribution is 2.29. The molecule has 0 atom stereocenters. The number of pyridine rings is 1. The number of hydrogen-bond acceptors (Lipinski definition) is 4. The second-order valence-corrected chi connectivity index (χ2v) is 9.04. The van der Waals surface area contributed by atoms with Crippen molar-refractivity contribution in [1.82, 2.24) is 9.38 Å². The minimum absolute atomic E-state index is 0.0368. The van der Waals surface area contributed by atoms with E-state index in [0.717, 1.165) is 33.7 Å². The van der Waals surface area contributed by atoms with E-state index in [1.807, 2.05) is 30.5 Å². The van der Waals surface area contributed by atoms with Crippen LogP contribution in [0.2, 0.25) is 0 Å². The van der Waals surface area contributed by atoms with E-state index in [-0.39, 0.29) is 10.6 Å². The summed E-state index contributed by atoms with van der Waals surface area (Å²) in [5.41, 5.74) is 5.62. The zero-order chi connectivity index (χ0) is 23.0. The van der Waals surface area contributed by atoms with Crippen LogP contribution < -0.4 is 9.88 Å². The van der Waals surface area contributed by atoms with Gasteiger partial charge in [0.25, 0.3) is 0 Å². The first-order valence-corrected chi connectivity index (χ1v) is 11.3. The number of aryl methyl sites for hydroxylation is 2. The number of hydrogen-bond donors (Lipinski definition) is 1. The van der Waals surface area contributed by atoms with Crippen LogP contribution in [0.25, 0.3) is 16.8 Å². The van der Waals surface area contributed by atoms with Crippen molar-refractivity contribution in [1.29, 1.82) is 0 Å². The summed E-state index contributed by atoms with van der Waals surface area (Å²) in [6.07, 6.45) is 2.27. The molecular weight excluding hydrogens is 436 g/mol. The summed E-state index contributed by atoms with van der Waals surface area (Å²) in [6, 6.07) is 14.9. The van der Waals surface area contributed by atoms with Gasteiger partial charge in [0.15, 0.2) is 0 Å². The Morgan fingerprint density at radius 3 is 2.44 bits per heavy atom. The van der Waals surface area contributed by atoms with E-state index in [9.17, 15) is 17.2 Å². The molecule has 0 aliphatic carbocycles. The third-order valence-electron chi connectivity index (χ3n) is 5.31. The van der Waals surface area contributed by atoms with Crippen molar-refractivity contribution in [3.05, 3.63) is 83.3 Å². The number of fused-ring (bicyclic) bond motifs is 1. The average molecular weight is 458 g/mol. The van der Waals surface area contributed by atoms with E-state index in [2.05, 4.69) is 9.72 Å². The van der Waals surface area contributed by atoms with Gasteiger partial charge >= 0.3 is 6.61 Å². The number of benzene rings is 2. The van der Waals surface area contributed by atoms with Crippen molar-refractivity contribution < 1.29 is 21.9 Å². The van der Waals surface area contributed by atoms with Crippen LogP contribution in [0.1, 0.15) is 22.5 Å². The number of nitrogens with zero attached hydrogens (tertiary/aromatic N) is 2. The number of rotatable bonds is 6. The lowest BCUT2D eigenvalue weighted by Crippen LogP contribution is -2.11. The number of imidazole rings is 1. The van der Waals surface area contributed by atoms with Gasteiger partial charge in [-0.3, -0.25) is 0 Å². The molecule has 0 fully saturated rings. The van der Waals surface area contributed by atoms with Crippen LogP contribution in [0.5, 0.6) is 5.75 Å². The van der Waals surface area contributed by atoms with E-state index >= 15 is 0 Å². The van der Waals surface area contributed by atoms with Crippen LogP contribution in [0.4, 0.5) is 8.78 Å². The predicted octanol–water partition coefficient (Wildman–Crippen LogP) is 4.46. The molecule has 166 valence electrons. The van der Waals surface area contributed by atoms with Crippen molar-refractivity contribution in [3.8, 4) is 16.9 Å². The number of nitrogens with two attached hydrogens (primary N) is 1. The average Bonchev–Trinajstić information content (AvgIpc) is 3.02. The fraction of sp³-hybridized carbons (Fsp3) is 0.174. The Morgan fingerprint density at radius 1 is 1.09 bits per heavy atom. The summed E-state index contributed by atoms with van der Waals surface area (Å²) in [7, 11) is -3.78. The summed E-state index contributed by atoms with van der Waals surface area (Å²) in [5.74, 6) is 0.128. The van der Waals surface area contributed by atoms with Crippen molar-refractivity contribution in [2.75, 3.05) is 0 Å². The van der Waals surface area contributed by atoms with E-state index < -0.39 is 16.6 Å². The molecule has 0 amide bonds. The maximum atomic E-state index is 12.8. The zero-order valence-electron chi connectivity index (χ0n) is 17.4. The van der Waals surface area contributed by atoms with Gasteiger partial charge in [-0.2, -0.15) is 8.78 Å². The van der Waals surface area contributed by atoms with Gasteiger partial charge in [0.05, 0.1) is 10.6 Å². The zero-order valence-corrected chi connectivity index (χ0v) is 18.2. The molecule has 4 aromatic rings. The molecule has 0 spiro atoms. The van der Waals surface area contributed by atoms with Crippen molar-refractivity contribution in [2.45, 2.75) is 31.8 Å². The van der Waals surface area contributed by atoms with Gasteiger partial charge in [-0.15, -0.1) is 0 Å². The van der Waals surface area contributed by atoms with E-state index in [0.29, 0.717) is 12.0 Å². The summed E-state index contributed by atoms with van der Waals surface area (Å²) in [5, 5.41) is 5.19. The molecule has 0 bridgehead atoms. The first-order valence-electron chi connectivity index (χ1n) is 9.77. The lowest BCUT2D eigenvalue weighted by Gasteiger charge is -2.12. The smallest absolute Gasteiger partial charge is 0.387 e. The van der Waals surface area contributed by atoms with Crippen LogP contribution >= 0.6 is 0 Å². The van der Waals surface area contributed by atoms with Gasteiger partial charge in [-0.25, -0.2) is 18.5 Å². The molecule has 2 heterocycles. The molecule has 0 saturated heterocycles. The monoisotopic (exact) mass is 457 g/mol. The second kappa shape index (κ2) is 8.33. The number of aromatic nitrogens is 2. The Hall–Kier alpha value is -3.30. The van der Waals surface area contributed by atoms with Gasteiger partial charge in [-0.1, -0.05) is 30.3 Å². The standard InChI is InChI=1S/C23H21F2N3O3S/c1-14-11-22-27-15(2)20(12-17-5-3-4-6-21(17)31-23(24)25)28(22)13-19(14)16-7-9-18(10-8-16)32(26,29)30/h3-11,13,23H,12H2,1-2H3,(H2,26,29,30). The maximum Gasteiger partial charge on any atom is 0.387 e. The van der Waals surface area contributed by atoms with Gasteiger partial charge in [0, 0.05) is 29.4 Å². The first kappa shape index (κ1) is 21.9. The molecule has 32 heavy (non-hydrogen) atoms. The fourth-order valence-corrected chi connectivity index (χ4v) is 4.25.